The number of halogens is 4. The van der Waals surface area contributed by atoms with Crippen molar-refractivity contribution in [3.63, 3.8) is 0 Å². The zero-order valence-electron chi connectivity index (χ0n) is 25.0. The van der Waals surface area contributed by atoms with E-state index in [1.165, 1.54) is 35.2 Å². The molecule has 46 heavy (non-hydrogen) atoms. The zero-order chi connectivity index (χ0) is 33.3. The molecular weight excluding hydrogens is 688 g/mol. The van der Waals surface area contributed by atoms with Crippen molar-refractivity contribution in [2.75, 3.05) is 17.4 Å². The molecule has 0 spiro atoms. The van der Waals surface area contributed by atoms with Gasteiger partial charge >= 0.3 is 0 Å². The molecule has 242 valence electrons. The highest BCUT2D eigenvalue weighted by atomic mass is 35.5. The summed E-state index contributed by atoms with van der Waals surface area (Å²) < 4.78 is 29.1. The van der Waals surface area contributed by atoms with Gasteiger partial charge in [0.25, 0.3) is 10.0 Å². The first-order chi connectivity index (χ1) is 22.0. The molecule has 0 aliphatic carbocycles. The molecule has 0 bridgehead atoms. The molecule has 2 amide bonds. The van der Waals surface area contributed by atoms with Crippen molar-refractivity contribution in [3.05, 3.63) is 128 Å². The van der Waals surface area contributed by atoms with Gasteiger partial charge in [0.2, 0.25) is 11.8 Å². The Morgan fingerprint density at radius 1 is 0.804 bits per heavy atom. The summed E-state index contributed by atoms with van der Waals surface area (Å²) in [4.78, 5) is 29.7. The van der Waals surface area contributed by atoms with E-state index in [1.807, 2.05) is 37.3 Å². The number of carbonyl (C=O) groups is 2. The summed E-state index contributed by atoms with van der Waals surface area (Å²) in [5.74, 6) is -1.06. The Balaban J connectivity index is 1.84. The van der Waals surface area contributed by atoms with E-state index in [9.17, 15) is 18.0 Å². The highest BCUT2D eigenvalue weighted by Crippen LogP contribution is 2.31. The fraction of sp³-hybridized carbons (Fsp3) is 0.235. The summed E-state index contributed by atoms with van der Waals surface area (Å²) in [5, 5.41) is 3.90. The lowest BCUT2D eigenvalue weighted by atomic mass is 10.0. The highest BCUT2D eigenvalue weighted by Gasteiger charge is 2.35. The van der Waals surface area contributed by atoms with Gasteiger partial charge in [-0.3, -0.25) is 13.9 Å². The number of nitrogens with one attached hydrogen (secondary N) is 1. The number of amides is 2. The molecule has 0 unspecified atom stereocenters. The van der Waals surface area contributed by atoms with Crippen molar-refractivity contribution in [3.8, 4) is 0 Å². The highest BCUT2D eigenvalue weighted by molar-refractivity contribution is 7.92. The SMILES string of the molecule is CCCCNC(=O)[C@H](Cc1ccccc1)N(Cc1c(Cl)cccc1Cl)C(=O)CN(c1cc(Cl)cc(Cl)c1)S(=O)(=O)c1ccccc1. The van der Waals surface area contributed by atoms with Crippen LogP contribution in [0.15, 0.2) is 102 Å². The van der Waals surface area contributed by atoms with Crippen molar-refractivity contribution >= 4 is 73.9 Å². The number of sulfonamides is 1. The summed E-state index contributed by atoms with van der Waals surface area (Å²) in [7, 11) is -4.31. The van der Waals surface area contributed by atoms with Gasteiger partial charge in [-0.15, -0.1) is 0 Å². The number of rotatable bonds is 14. The monoisotopic (exact) mass is 719 g/mol. The molecule has 0 aliphatic heterocycles. The van der Waals surface area contributed by atoms with Crippen LogP contribution in [0.3, 0.4) is 0 Å². The summed E-state index contributed by atoms with van der Waals surface area (Å²) in [6, 6.07) is 25.2. The van der Waals surface area contributed by atoms with Crippen LogP contribution in [0.2, 0.25) is 20.1 Å². The number of hydrogen-bond acceptors (Lipinski definition) is 4. The van der Waals surface area contributed by atoms with Crippen LogP contribution in [0.5, 0.6) is 0 Å². The van der Waals surface area contributed by atoms with E-state index in [4.69, 9.17) is 46.4 Å². The molecule has 4 aromatic carbocycles. The Kier molecular flexibility index (Phi) is 12.8. The second-order valence-electron chi connectivity index (χ2n) is 10.5. The van der Waals surface area contributed by atoms with Crippen LogP contribution < -0.4 is 9.62 Å². The molecule has 4 rings (SSSR count). The topological polar surface area (TPSA) is 86.8 Å². The Morgan fingerprint density at radius 2 is 1.39 bits per heavy atom. The average Bonchev–Trinajstić information content (AvgIpc) is 3.03. The molecule has 4 aromatic rings. The van der Waals surface area contributed by atoms with Gasteiger partial charge in [0, 0.05) is 45.2 Å². The van der Waals surface area contributed by atoms with Crippen LogP contribution in [0, 0.1) is 0 Å². The Bertz CT molecular complexity index is 1720. The Labute approximate surface area is 290 Å². The number of unbranched alkanes of at least 4 members (excludes halogenated alkanes) is 1. The standard InChI is InChI=1S/C34H33Cl4N3O4S/c1-2-3-17-39-34(43)32(18-24-11-6-4-7-12-24)40(22-29-30(37)15-10-16-31(29)38)33(42)23-41(27-20-25(35)19-26(36)21-27)46(44,45)28-13-8-5-9-14-28/h4-16,19-21,32H,2-3,17-18,22-23H2,1H3,(H,39,43)/t32-/m0/s1. The number of benzene rings is 4. The Hall–Kier alpha value is -3.27. The molecule has 0 saturated heterocycles. The minimum Gasteiger partial charge on any atom is -0.354 e. The quantitative estimate of drug-likeness (QED) is 0.134. The summed E-state index contributed by atoms with van der Waals surface area (Å²) in [5.41, 5.74) is 1.30. The van der Waals surface area contributed by atoms with Crippen molar-refractivity contribution in [2.24, 2.45) is 0 Å². The third kappa shape index (κ3) is 9.17. The van der Waals surface area contributed by atoms with E-state index in [2.05, 4.69) is 5.32 Å². The van der Waals surface area contributed by atoms with Crippen LogP contribution in [0.25, 0.3) is 0 Å². The van der Waals surface area contributed by atoms with Gasteiger partial charge < -0.3 is 10.2 Å². The maximum absolute atomic E-state index is 14.6. The van der Waals surface area contributed by atoms with Crippen molar-refractivity contribution in [1.82, 2.24) is 10.2 Å². The second-order valence-corrected chi connectivity index (χ2v) is 14.1. The van der Waals surface area contributed by atoms with Crippen LogP contribution in [0.1, 0.15) is 30.9 Å². The van der Waals surface area contributed by atoms with E-state index < -0.39 is 34.4 Å². The Morgan fingerprint density at radius 3 is 1.98 bits per heavy atom. The molecule has 0 saturated carbocycles. The first-order valence-corrected chi connectivity index (χ1v) is 17.5. The fourth-order valence-corrected chi connectivity index (χ4v) is 7.30. The minimum absolute atomic E-state index is 0.0438. The predicted molar refractivity (Wildman–Crippen MR) is 186 cm³/mol. The third-order valence-corrected chi connectivity index (χ3v) is 10.2. The predicted octanol–water partition coefficient (Wildman–Crippen LogP) is 8.05. The molecular formula is C34H33Cl4N3O4S. The van der Waals surface area contributed by atoms with Gasteiger partial charge in [0.05, 0.1) is 10.6 Å². The molecule has 1 N–H and O–H groups in total. The van der Waals surface area contributed by atoms with Gasteiger partial charge in [-0.05, 0) is 54.4 Å². The summed E-state index contributed by atoms with van der Waals surface area (Å²) in [6.07, 6.45) is 1.75. The van der Waals surface area contributed by atoms with E-state index in [1.54, 1.807) is 36.4 Å². The minimum atomic E-state index is -4.31. The van der Waals surface area contributed by atoms with E-state index in [0.29, 0.717) is 22.2 Å². The van der Waals surface area contributed by atoms with Gasteiger partial charge in [-0.1, -0.05) is 114 Å². The summed E-state index contributed by atoms with van der Waals surface area (Å²) in [6.45, 7) is 1.58. The average molecular weight is 722 g/mol. The smallest absolute Gasteiger partial charge is 0.264 e. The van der Waals surface area contributed by atoms with Crippen LogP contribution in [-0.4, -0.2) is 44.3 Å². The lowest BCUT2D eigenvalue weighted by Gasteiger charge is -2.34. The lowest BCUT2D eigenvalue weighted by molar-refractivity contribution is -0.140. The first kappa shape index (κ1) is 35.6. The summed E-state index contributed by atoms with van der Waals surface area (Å²) >= 11 is 25.7. The number of carbonyl (C=O) groups excluding carboxylic acids is 2. The maximum atomic E-state index is 14.6. The number of hydrogen-bond donors (Lipinski definition) is 1. The van der Waals surface area contributed by atoms with Crippen LogP contribution in [0.4, 0.5) is 5.69 Å². The van der Waals surface area contributed by atoms with Gasteiger partial charge in [-0.25, -0.2) is 8.42 Å². The van der Waals surface area contributed by atoms with Gasteiger partial charge in [0.15, 0.2) is 0 Å². The molecule has 12 heteroatoms. The first-order valence-electron chi connectivity index (χ1n) is 14.6. The van der Waals surface area contributed by atoms with E-state index >= 15 is 0 Å². The molecule has 0 heterocycles. The zero-order valence-corrected chi connectivity index (χ0v) is 28.8. The maximum Gasteiger partial charge on any atom is 0.264 e. The molecule has 0 aliphatic rings. The largest absolute Gasteiger partial charge is 0.354 e. The van der Waals surface area contributed by atoms with Crippen molar-refractivity contribution in [2.45, 2.75) is 43.7 Å². The fourth-order valence-electron chi connectivity index (χ4n) is 4.85. The van der Waals surface area contributed by atoms with Gasteiger partial charge in [0.1, 0.15) is 12.6 Å². The number of nitrogens with zero attached hydrogens (tertiary/aromatic N) is 2. The molecule has 7 nitrogen and oxygen atoms in total. The third-order valence-electron chi connectivity index (χ3n) is 7.24. The van der Waals surface area contributed by atoms with E-state index in [0.717, 1.165) is 22.7 Å². The van der Waals surface area contributed by atoms with E-state index in [-0.39, 0.29) is 33.6 Å². The molecule has 0 aromatic heterocycles. The molecule has 0 fully saturated rings. The van der Waals surface area contributed by atoms with Crippen LogP contribution in [-0.2, 0) is 32.6 Å². The van der Waals surface area contributed by atoms with Crippen LogP contribution >= 0.6 is 46.4 Å². The molecule has 0 radical (unpaired) electrons. The van der Waals surface area contributed by atoms with Gasteiger partial charge in [-0.2, -0.15) is 0 Å². The normalized spacial score (nSPS) is 11.9. The lowest BCUT2D eigenvalue weighted by Crippen LogP contribution is -2.53. The van der Waals surface area contributed by atoms with Crippen molar-refractivity contribution < 1.29 is 18.0 Å². The molecule has 1 atom stereocenters. The number of anilines is 1. The van der Waals surface area contributed by atoms with Crippen molar-refractivity contribution in [1.29, 1.82) is 0 Å². The second kappa shape index (κ2) is 16.5.